The van der Waals surface area contributed by atoms with Crippen molar-refractivity contribution in [3.63, 3.8) is 0 Å². The van der Waals surface area contributed by atoms with Gasteiger partial charge in [0.05, 0.1) is 19.3 Å². The van der Waals surface area contributed by atoms with Gasteiger partial charge in [0.1, 0.15) is 17.3 Å². The number of benzene rings is 2. The predicted molar refractivity (Wildman–Crippen MR) is 134 cm³/mol. The van der Waals surface area contributed by atoms with E-state index in [9.17, 15) is 9.90 Å². The molecular weight excluding hydrogens is 428 g/mol. The van der Waals surface area contributed by atoms with Crippen LogP contribution < -0.4 is 10.1 Å². The molecule has 1 aromatic heterocycles. The van der Waals surface area contributed by atoms with Gasteiger partial charge in [0.15, 0.2) is 0 Å². The lowest BCUT2D eigenvalue weighted by Gasteiger charge is -2.12. The molecule has 176 valence electrons. The zero-order chi connectivity index (χ0) is 24.2. The first-order valence-electron chi connectivity index (χ1n) is 11.2. The molecule has 1 aliphatic carbocycles. The molecule has 0 saturated heterocycles. The van der Waals surface area contributed by atoms with Crippen molar-refractivity contribution in [1.29, 1.82) is 0 Å². The van der Waals surface area contributed by atoms with Crippen LogP contribution in [0.25, 0.3) is 5.69 Å². The Morgan fingerprint density at radius 1 is 1.09 bits per heavy atom. The average Bonchev–Trinajstić information content (AvgIpc) is 3.32. The van der Waals surface area contributed by atoms with Crippen molar-refractivity contribution in [3.8, 4) is 17.2 Å². The van der Waals surface area contributed by atoms with Crippen molar-refractivity contribution >= 4 is 5.91 Å². The molecule has 0 fully saturated rings. The third kappa shape index (κ3) is 7.17. The number of aromatic nitrogens is 1. The Kier molecular flexibility index (Phi) is 9.17. The van der Waals surface area contributed by atoms with Crippen molar-refractivity contribution in [2.24, 2.45) is 0 Å². The van der Waals surface area contributed by atoms with E-state index in [1.165, 1.54) is 6.07 Å². The van der Waals surface area contributed by atoms with E-state index < -0.39 is 0 Å². The maximum atomic E-state index is 12.7. The summed E-state index contributed by atoms with van der Waals surface area (Å²) in [6.45, 7) is 2.66. The minimum Gasteiger partial charge on any atom is -0.507 e. The van der Waals surface area contributed by atoms with Crippen LogP contribution in [-0.4, -0.2) is 29.3 Å². The average molecular weight is 459 g/mol. The highest BCUT2D eigenvalue weighted by Crippen LogP contribution is 2.22. The van der Waals surface area contributed by atoms with E-state index >= 15 is 0 Å². The van der Waals surface area contributed by atoms with Crippen LogP contribution in [0.2, 0.25) is 0 Å². The smallest absolute Gasteiger partial charge is 0.259 e. The summed E-state index contributed by atoms with van der Waals surface area (Å²) in [4.78, 5) is 12.7. The van der Waals surface area contributed by atoms with Crippen LogP contribution in [0.5, 0.6) is 11.5 Å². The molecule has 0 spiro atoms. The Morgan fingerprint density at radius 2 is 1.85 bits per heavy atom. The number of ether oxygens (including phenoxy) is 2. The number of nitrogens with zero attached hydrogens (tertiary/aromatic N) is 1. The Labute approximate surface area is 200 Å². The fraction of sp³-hybridized carbons (Fsp3) is 0.179. The first-order chi connectivity index (χ1) is 16.6. The van der Waals surface area contributed by atoms with Crippen LogP contribution in [0.3, 0.4) is 0 Å². The Hall–Kier alpha value is -4.19. The zero-order valence-corrected chi connectivity index (χ0v) is 19.5. The molecule has 34 heavy (non-hydrogen) atoms. The van der Waals surface area contributed by atoms with Gasteiger partial charge < -0.3 is 24.5 Å². The number of hydrogen-bond donors (Lipinski definition) is 2. The molecule has 0 aliphatic heterocycles. The second-order valence-corrected chi connectivity index (χ2v) is 7.48. The SMILES string of the molecule is CCCOC1=CC=CCC(NC(=O)c2cc(-n3cccc3)ccc2O)=C1.COc1ccccc1. The van der Waals surface area contributed by atoms with Crippen molar-refractivity contribution in [1.82, 2.24) is 9.88 Å². The lowest BCUT2D eigenvalue weighted by Crippen LogP contribution is -2.23. The van der Waals surface area contributed by atoms with E-state index in [-0.39, 0.29) is 17.2 Å². The summed E-state index contributed by atoms with van der Waals surface area (Å²) in [6, 6.07) is 18.4. The minimum atomic E-state index is -0.354. The Bertz CT molecular complexity index is 1150. The summed E-state index contributed by atoms with van der Waals surface area (Å²) in [5, 5.41) is 13.0. The molecule has 0 saturated carbocycles. The van der Waals surface area contributed by atoms with Gasteiger partial charge in [-0.25, -0.2) is 0 Å². The number of allylic oxidation sites excluding steroid dienone is 4. The van der Waals surface area contributed by atoms with E-state index in [0.717, 1.165) is 23.6 Å². The van der Waals surface area contributed by atoms with Crippen LogP contribution in [0.4, 0.5) is 0 Å². The normalized spacial score (nSPS) is 12.4. The summed E-state index contributed by atoms with van der Waals surface area (Å²) < 4.78 is 12.4. The van der Waals surface area contributed by atoms with Gasteiger partial charge in [-0.05, 0) is 61.0 Å². The number of carbonyl (C=O) groups excluding carboxylic acids is 1. The largest absolute Gasteiger partial charge is 0.507 e. The fourth-order valence-electron chi connectivity index (χ4n) is 3.18. The summed E-state index contributed by atoms with van der Waals surface area (Å²) in [6.07, 6.45) is 12.8. The first kappa shape index (κ1) is 24.5. The molecule has 1 heterocycles. The van der Waals surface area contributed by atoms with Gasteiger partial charge >= 0.3 is 0 Å². The van der Waals surface area contributed by atoms with Gasteiger partial charge in [-0.2, -0.15) is 0 Å². The number of rotatable bonds is 7. The van der Waals surface area contributed by atoms with Gasteiger partial charge in [-0.3, -0.25) is 4.79 Å². The molecule has 2 aromatic carbocycles. The van der Waals surface area contributed by atoms with Gasteiger partial charge in [-0.1, -0.05) is 37.3 Å². The number of phenols is 1. The second-order valence-electron chi connectivity index (χ2n) is 7.48. The number of amides is 1. The number of hydrogen-bond acceptors (Lipinski definition) is 4. The van der Waals surface area contributed by atoms with Crippen LogP contribution in [0, 0.1) is 0 Å². The van der Waals surface area contributed by atoms with Gasteiger partial charge in [0.25, 0.3) is 5.91 Å². The zero-order valence-electron chi connectivity index (χ0n) is 19.5. The molecule has 1 aliphatic rings. The highest BCUT2D eigenvalue weighted by Gasteiger charge is 2.14. The molecule has 0 unspecified atom stereocenters. The van der Waals surface area contributed by atoms with E-state index in [0.29, 0.717) is 18.8 Å². The van der Waals surface area contributed by atoms with E-state index in [1.807, 2.05) is 90.7 Å². The Balaban J connectivity index is 0.000000343. The van der Waals surface area contributed by atoms with Crippen molar-refractivity contribution < 1.29 is 19.4 Å². The second kappa shape index (κ2) is 12.7. The summed E-state index contributed by atoms with van der Waals surface area (Å²) in [5.74, 6) is 1.21. The molecule has 3 aromatic rings. The molecule has 0 atom stereocenters. The quantitative estimate of drug-likeness (QED) is 0.472. The predicted octanol–water partition coefficient (Wildman–Crippen LogP) is 5.76. The van der Waals surface area contributed by atoms with Gasteiger partial charge in [0.2, 0.25) is 0 Å². The molecule has 0 bridgehead atoms. The monoisotopic (exact) mass is 458 g/mol. The molecule has 0 radical (unpaired) electrons. The first-order valence-corrected chi connectivity index (χ1v) is 11.2. The van der Waals surface area contributed by atoms with Crippen LogP contribution in [0.15, 0.2) is 109 Å². The fourth-order valence-corrected chi connectivity index (χ4v) is 3.18. The number of para-hydroxylation sites is 1. The maximum Gasteiger partial charge on any atom is 0.259 e. The summed E-state index contributed by atoms with van der Waals surface area (Å²) >= 11 is 0. The number of aromatic hydroxyl groups is 1. The molecule has 1 amide bonds. The van der Waals surface area contributed by atoms with E-state index in [2.05, 4.69) is 5.32 Å². The third-order valence-electron chi connectivity index (χ3n) is 4.90. The van der Waals surface area contributed by atoms with Gasteiger partial charge in [-0.15, -0.1) is 0 Å². The Morgan fingerprint density at radius 3 is 2.53 bits per heavy atom. The van der Waals surface area contributed by atoms with E-state index in [1.54, 1.807) is 19.2 Å². The summed E-state index contributed by atoms with van der Waals surface area (Å²) in [7, 11) is 1.66. The van der Waals surface area contributed by atoms with Gasteiger partial charge in [0, 0.05) is 30.2 Å². The lowest BCUT2D eigenvalue weighted by atomic mass is 10.1. The highest BCUT2D eigenvalue weighted by atomic mass is 16.5. The van der Waals surface area contributed by atoms with Crippen molar-refractivity contribution in [3.05, 3.63) is 114 Å². The van der Waals surface area contributed by atoms with Crippen LogP contribution in [0.1, 0.15) is 30.1 Å². The summed E-state index contributed by atoms with van der Waals surface area (Å²) in [5.41, 5.74) is 1.75. The van der Waals surface area contributed by atoms with Crippen LogP contribution >= 0.6 is 0 Å². The minimum absolute atomic E-state index is 0.0545. The third-order valence-corrected chi connectivity index (χ3v) is 4.90. The molecule has 6 heteroatoms. The number of methoxy groups -OCH3 is 1. The molecular formula is C28H30N2O4. The highest BCUT2D eigenvalue weighted by molar-refractivity contribution is 5.98. The molecule has 6 nitrogen and oxygen atoms in total. The van der Waals surface area contributed by atoms with Crippen molar-refractivity contribution in [2.45, 2.75) is 19.8 Å². The van der Waals surface area contributed by atoms with Crippen molar-refractivity contribution in [2.75, 3.05) is 13.7 Å². The number of nitrogens with one attached hydrogen (secondary N) is 1. The van der Waals surface area contributed by atoms with E-state index in [4.69, 9.17) is 9.47 Å². The standard InChI is InChI=1S/C21H22N2O3.C7H8O/c1-2-13-26-18-8-4-3-7-16(14-18)22-21(25)19-15-17(9-10-20(19)24)23-11-5-6-12-23;1-8-7-5-3-2-4-6-7/h3-6,8-12,14-15,24H,2,7,13H2,1H3,(H,22,25);2-6H,1H3. The molecule has 2 N–H and O–H groups in total. The van der Waals surface area contributed by atoms with Crippen LogP contribution in [-0.2, 0) is 4.74 Å². The molecule has 4 rings (SSSR count). The number of phenolic OH excluding ortho intramolecular Hbond substituents is 1. The lowest BCUT2D eigenvalue weighted by molar-refractivity contribution is 0.0962. The number of carbonyl (C=O) groups is 1. The maximum absolute atomic E-state index is 12.7. The topological polar surface area (TPSA) is 72.7 Å².